The Morgan fingerprint density at radius 2 is 0.541 bits per heavy atom. The molecule has 6 heteroatoms. The highest BCUT2D eigenvalue weighted by atomic mass is 31.2. The topological polar surface area (TPSA) is 36.9 Å². The number of hydrogen-bond donors (Lipinski definition) is 0. The van der Waals surface area contributed by atoms with E-state index in [0.29, 0.717) is 0 Å². The third-order valence-electron chi connectivity index (χ3n) is 14.1. The van der Waals surface area contributed by atoms with Crippen LogP contribution in [-0.4, -0.2) is 0 Å². The second-order valence-corrected chi connectivity index (χ2v) is 31.7. The third-order valence-corrected chi connectivity index (χ3v) is 17.3. The Morgan fingerprint density at radius 1 is 0.257 bits per heavy atom. The predicted molar refractivity (Wildman–Crippen MR) is 322 cm³/mol. The summed E-state index contributed by atoms with van der Waals surface area (Å²) >= 11 is 0. The van der Waals surface area contributed by atoms with Gasteiger partial charge in [0, 0.05) is 27.8 Å². The summed E-state index contributed by atoms with van der Waals surface area (Å²) in [5, 5.41) is 1.90. The van der Waals surface area contributed by atoms with Gasteiger partial charge in [-0.25, -0.2) is 0 Å². The van der Waals surface area contributed by atoms with E-state index in [2.05, 4.69) is 275 Å². The summed E-state index contributed by atoms with van der Waals surface area (Å²) in [7, 11) is -3.97. The molecule has 74 heavy (non-hydrogen) atoms. The quantitative estimate of drug-likeness (QED) is 0.128. The minimum atomic E-state index is -2.00. The summed E-state index contributed by atoms with van der Waals surface area (Å²) in [4.78, 5) is 0. The molecule has 0 radical (unpaired) electrons. The van der Waals surface area contributed by atoms with Crippen molar-refractivity contribution in [3.63, 3.8) is 0 Å². The molecule has 0 fully saturated rings. The van der Waals surface area contributed by atoms with Crippen molar-refractivity contribution < 1.29 is 18.1 Å². The van der Waals surface area contributed by atoms with Crippen LogP contribution in [0.25, 0.3) is 22.3 Å². The maximum atomic E-state index is 7.89. The Bertz CT molecular complexity index is 2870. The molecule has 6 aromatic rings. The number of rotatable bonds is 10. The van der Waals surface area contributed by atoms with Gasteiger partial charge in [-0.1, -0.05) is 245 Å². The average molecular weight is 1030 g/mol. The lowest BCUT2D eigenvalue weighted by Gasteiger charge is -2.37. The van der Waals surface area contributed by atoms with Crippen LogP contribution in [0.2, 0.25) is 0 Å². The Morgan fingerprint density at radius 3 is 0.824 bits per heavy atom. The summed E-state index contributed by atoms with van der Waals surface area (Å²) in [6.07, 6.45) is 0. The highest BCUT2D eigenvalue weighted by molar-refractivity contribution is 7.64. The molecule has 0 N–H and O–H groups in total. The molecule has 0 bridgehead atoms. The average Bonchev–Trinajstić information content (AvgIpc) is 3.24. The van der Waals surface area contributed by atoms with E-state index in [-0.39, 0.29) is 43.3 Å². The van der Waals surface area contributed by atoms with Crippen molar-refractivity contribution in [3.8, 4) is 45.3 Å². The summed E-state index contributed by atoms with van der Waals surface area (Å²) < 4.78 is 31.4. The van der Waals surface area contributed by atoms with Crippen molar-refractivity contribution in [1.29, 1.82) is 0 Å². The Kier molecular flexibility index (Phi) is 15.2. The van der Waals surface area contributed by atoms with Crippen LogP contribution in [0.1, 0.15) is 211 Å². The lowest BCUT2D eigenvalue weighted by Crippen LogP contribution is -2.33. The second kappa shape index (κ2) is 19.7. The predicted octanol–water partition coefficient (Wildman–Crippen LogP) is 19.9. The molecular formula is C68H90O4P2. The molecule has 6 aromatic carbocycles. The maximum Gasteiger partial charge on any atom is 0.327 e. The molecule has 0 aliphatic heterocycles. The first-order chi connectivity index (χ1) is 33.8. The van der Waals surface area contributed by atoms with Gasteiger partial charge in [-0.2, -0.15) is 0 Å². The van der Waals surface area contributed by atoms with E-state index in [1.165, 1.54) is 61.2 Å². The van der Waals surface area contributed by atoms with Gasteiger partial charge in [0.25, 0.3) is 0 Å². The van der Waals surface area contributed by atoms with Crippen molar-refractivity contribution in [2.75, 3.05) is 0 Å². The molecule has 0 amide bonds. The van der Waals surface area contributed by atoms with E-state index in [4.69, 9.17) is 18.1 Å². The van der Waals surface area contributed by atoms with Crippen LogP contribution in [0.15, 0.2) is 109 Å². The molecule has 0 atom stereocenters. The molecular weight excluding hydrogens is 943 g/mol. The van der Waals surface area contributed by atoms with Crippen molar-refractivity contribution in [2.45, 2.75) is 209 Å². The van der Waals surface area contributed by atoms with Crippen LogP contribution in [0, 0.1) is 0 Å². The summed E-state index contributed by atoms with van der Waals surface area (Å²) in [5.41, 5.74) is 12.8. The highest BCUT2D eigenvalue weighted by Gasteiger charge is 2.42. The molecule has 0 saturated carbocycles. The van der Waals surface area contributed by atoms with E-state index in [1.807, 2.05) is 0 Å². The first kappa shape index (κ1) is 57.1. The summed E-state index contributed by atoms with van der Waals surface area (Å²) in [6.45, 7) is 55.1. The lowest BCUT2D eigenvalue weighted by atomic mass is 9.75. The van der Waals surface area contributed by atoms with Crippen LogP contribution in [0.3, 0.4) is 0 Å². The van der Waals surface area contributed by atoms with Gasteiger partial charge in [0.05, 0.1) is 10.6 Å². The molecule has 0 heterocycles. The first-order valence-corrected chi connectivity index (χ1v) is 29.3. The van der Waals surface area contributed by atoms with Crippen molar-refractivity contribution in [3.05, 3.63) is 154 Å². The minimum absolute atomic E-state index is 0.148. The molecule has 0 spiro atoms. The van der Waals surface area contributed by atoms with Gasteiger partial charge in [0.1, 0.15) is 23.0 Å². The molecule has 1 aliphatic carbocycles. The smallest absolute Gasteiger partial charge is 0.327 e. The minimum Gasteiger partial charge on any atom is -0.435 e. The lowest BCUT2D eigenvalue weighted by molar-refractivity contribution is 0.451. The zero-order valence-corrected chi connectivity index (χ0v) is 51.7. The van der Waals surface area contributed by atoms with Gasteiger partial charge in [-0.05, 0) is 113 Å². The van der Waals surface area contributed by atoms with E-state index in [0.717, 1.165) is 39.2 Å². The van der Waals surface area contributed by atoms with Gasteiger partial charge in [0.15, 0.2) is 0 Å². The van der Waals surface area contributed by atoms with E-state index >= 15 is 0 Å². The second-order valence-electron chi connectivity index (χ2n) is 29.0. The molecule has 0 unspecified atom stereocenters. The van der Waals surface area contributed by atoms with Crippen LogP contribution in [0.4, 0.5) is 0 Å². The number of benzene rings is 6. The first-order valence-electron chi connectivity index (χ1n) is 27.0. The molecule has 7 rings (SSSR count). The Balaban J connectivity index is 1.64. The zero-order valence-electron chi connectivity index (χ0n) is 49.9. The normalized spacial score (nSPS) is 13.6. The largest absolute Gasteiger partial charge is 0.435 e. The van der Waals surface area contributed by atoms with Gasteiger partial charge in [-0.15, -0.1) is 0 Å². The van der Waals surface area contributed by atoms with Gasteiger partial charge < -0.3 is 18.1 Å². The Hall–Kier alpha value is -4.62. The number of fused-ring (bicyclic) bond motifs is 4. The fourth-order valence-electron chi connectivity index (χ4n) is 10.9. The summed E-state index contributed by atoms with van der Waals surface area (Å²) in [6, 6.07) is 39.6. The number of hydrogen-bond acceptors (Lipinski definition) is 4. The maximum absolute atomic E-state index is 7.89. The van der Waals surface area contributed by atoms with Crippen LogP contribution in [0.5, 0.6) is 23.0 Å². The molecule has 1 aliphatic rings. The standard InChI is InChI=1S/C68H90O4P2/c1-61(2,3)46-33-27-37-50(56(46)65(13,14)15)69-73(70-51-38-28-34-47(62(4,5)6)57(51)66(16,17)18)54-42-41-45-43-31-25-26-32-44(43)55(45)60(54)74(71-52-39-29-35-48(63(7,8)9)58(52)67(19,20)21)72-53-40-30-36-49(64(10,11)12)59(53)68(22,23)24/h25-42H,1-24H3. The fourth-order valence-corrected chi connectivity index (χ4v) is 14.3. The van der Waals surface area contributed by atoms with Crippen LogP contribution >= 0.6 is 16.8 Å². The highest BCUT2D eigenvalue weighted by Crippen LogP contribution is 2.57. The SMILES string of the molecule is CC(C)(C)c1cccc(OP(Oc2cccc(C(C)(C)C)c2C(C)(C)C)c2ccc3c(c2P(Oc2cccc(C(C)(C)C)c2C(C)(C)C)Oc2cccc(C(C)(C)C)c2C(C)(C)C)-c2ccccc2-3)c1C(C)(C)C. The van der Waals surface area contributed by atoms with Gasteiger partial charge >= 0.3 is 16.8 Å². The Labute approximate surface area is 451 Å². The monoisotopic (exact) mass is 1030 g/mol. The molecule has 0 aromatic heterocycles. The molecule has 0 saturated heterocycles. The van der Waals surface area contributed by atoms with E-state index < -0.39 is 16.8 Å². The molecule has 396 valence electrons. The van der Waals surface area contributed by atoms with Crippen LogP contribution in [-0.2, 0) is 43.3 Å². The van der Waals surface area contributed by atoms with E-state index in [1.54, 1.807) is 0 Å². The molecule has 4 nitrogen and oxygen atoms in total. The zero-order chi connectivity index (χ0) is 55.1. The van der Waals surface area contributed by atoms with Gasteiger partial charge in [0.2, 0.25) is 0 Å². The van der Waals surface area contributed by atoms with Crippen molar-refractivity contribution >= 4 is 27.4 Å². The van der Waals surface area contributed by atoms with Crippen molar-refractivity contribution in [2.24, 2.45) is 0 Å². The van der Waals surface area contributed by atoms with Gasteiger partial charge in [-0.3, -0.25) is 0 Å². The van der Waals surface area contributed by atoms with E-state index in [9.17, 15) is 0 Å². The van der Waals surface area contributed by atoms with Crippen LogP contribution < -0.4 is 28.7 Å². The fraction of sp³-hybridized carbons (Fsp3) is 0.471. The summed E-state index contributed by atoms with van der Waals surface area (Å²) in [5.74, 6) is 3.29. The van der Waals surface area contributed by atoms with Crippen molar-refractivity contribution in [1.82, 2.24) is 0 Å². The third kappa shape index (κ3) is 11.7.